The van der Waals surface area contributed by atoms with Crippen molar-refractivity contribution in [3.8, 4) is 16.9 Å². The van der Waals surface area contributed by atoms with E-state index >= 15 is 0 Å². The molecular weight excluding hydrogens is 386 g/mol. The lowest BCUT2D eigenvalue weighted by Crippen LogP contribution is -2.02. The second-order valence-electron chi connectivity index (χ2n) is 6.22. The van der Waals surface area contributed by atoms with Crippen LogP contribution in [0.3, 0.4) is 0 Å². The van der Waals surface area contributed by atoms with Crippen LogP contribution in [-0.2, 0) is 15.5 Å². The number of ether oxygens (including phenoxy) is 1. The zero-order valence-electron chi connectivity index (χ0n) is 15.2. The Morgan fingerprint density at radius 2 is 1.86 bits per heavy atom. The van der Waals surface area contributed by atoms with Crippen LogP contribution >= 0.6 is 0 Å². The van der Waals surface area contributed by atoms with Crippen molar-refractivity contribution in [2.24, 2.45) is 0 Å². The van der Waals surface area contributed by atoms with Crippen molar-refractivity contribution >= 4 is 21.4 Å². The van der Waals surface area contributed by atoms with Crippen molar-refractivity contribution in [1.29, 1.82) is 4.78 Å². The van der Waals surface area contributed by atoms with Crippen LogP contribution in [0.4, 0.5) is 20.4 Å². The second-order valence-corrected chi connectivity index (χ2v) is 8.52. The molecule has 1 atom stereocenters. The van der Waals surface area contributed by atoms with Gasteiger partial charge in [-0.05, 0) is 35.9 Å². The van der Waals surface area contributed by atoms with Crippen molar-refractivity contribution in [1.82, 2.24) is 9.97 Å². The summed E-state index contributed by atoms with van der Waals surface area (Å²) in [7, 11) is -1.31. The summed E-state index contributed by atoms with van der Waals surface area (Å²) in [5.74, 6) is -0.0513. The minimum Gasteiger partial charge on any atom is -0.496 e. The smallest absolute Gasteiger partial charge is 0.149 e. The Bertz CT molecular complexity index is 1120. The van der Waals surface area contributed by atoms with Crippen molar-refractivity contribution in [3.05, 3.63) is 66.0 Å². The van der Waals surface area contributed by atoms with Gasteiger partial charge < -0.3 is 10.1 Å². The predicted molar refractivity (Wildman–Crippen MR) is 104 cm³/mol. The van der Waals surface area contributed by atoms with Gasteiger partial charge >= 0.3 is 0 Å². The molecule has 2 N–H and O–H groups in total. The van der Waals surface area contributed by atoms with E-state index in [1.54, 1.807) is 12.1 Å². The van der Waals surface area contributed by atoms with Crippen molar-refractivity contribution in [2.45, 2.75) is 5.75 Å². The number of hydrogen-bond acceptors (Lipinski definition) is 6. The van der Waals surface area contributed by atoms with Gasteiger partial charge in [-0.15, -0.1) is 0 Å². The van der Waals surface area contributed by atoms with Crippen molar-refractivity contribution in [2.75, 3.05) is 18.7 Å². The van der Waals surface area contributed by atoms with Gasteiger partial charge in [-0.25, -0.2) is 23.0 Å². The number of benzene rings is 1. The Kier molecular flexibility index (Phi) is 5.55. The third-order valence-corrected chi connectivity index (χ3v) is 4.72. The van der Waals surface area contributed by atoms with E-state index < -0.39 is 21.4 Å². The lowest BCUT2D eigenvalue weighted by molar-refractivity contribution is 0.412. The number of nitrogens with one attached hydrogen (secondary N) is 2. The molecule has 0 spiro atoms. The van der Waals surface area contributed by atoms with Crippen LogP contribution in [0, 0.1) is 16.4 Å². The largest absolute Gasteiger partial charge is 0.496 e. The quantitative estimate of drug-likeness (QED) is 0.638. The Hall–Kier alpha value is -3.07. The first-order valence-electron chi connectivity index (χ1n) is 8.18. The highest BCUT2D eigenvalue weighted by molar-refractivity contribution is 7.90. The van der Waals surface area contributed by atoms with E-state index in [4.69, 9.17) is 9.52 Å². The Morgan fingerprint density at radius 1 is 1.11 bits per heavy atom. The predicted octanol–water partition coefficient (Wildman–Crippen LogP) is 4.35. The van der Waals surface area contributed by atoms with Crippen LogP contribution in [0.25, 0.3) is 11.1 Å². The third-order valence-electron chi connectivity index (χ3n) is 3.83. The van der Waals surface area contributed by atoms with Crippen LogP contribution in [0.1, 0.15) is 5.56 Å². The number of nitrogens with zero attached hydrogens (tertiary/aromatic N) is 2. The molecule has 0 unspecified atom stereocenters. The minimum absolute atomic E-state index is 0.0963. The van der Waals surface area contributed by atoms with Crippen LogP contribution in [0.5, 0.6) is 5.75 Å². The summed E-state index contributed by atoms with van der Waals surface area (Å²) in [5.41, 5.74) is 1.25. The molecule has 28 heavy (non-hydrogen) atoms. The lowest BCUT2D eigenvalue weighted by Gasteiger charge is -2.12. The van der Waals surface area contributed by atoms with Gasteiger partial charge in [0.15, 0.2) is 0 Å². The highest BCUT2D eigenvalue weighted by Gasteiger charge is 2.14. The van der Waals surface area contributed by atoms with E-state index in [1.165, 1.54) is 43.8 Å². The summed E-state index contributed by atoms with van der Waals surface area (Å²) in [4.78, 5) is 8.16. The van der Waals surface area contributed by atoms with Crippen LogP contribution in [-0.4, -0.2) is 27.5 Å². The van der Waals surface area contributed by atoms with E-state index in [0.717, 1.165) is 6.20 Å². The van der Waals surface area contributed by atoms with Gasteiger partial charge in [0.2, 0.25) is 0 Å². The number of halogens is 2. The summed E-state index contributed by atoms with van der Waals surface area (Å²) >= 11 is 0. The molecule has 3 aromatic rings. The van der Waals surface area contributed by atoms with E-state index in [2.05, 4.69) is 15.3 Å². The third kappa shape index (κ3) is 4.80. The normalized spacial score (nSPS) is 13.0. The summed E-state index contributed by atoms with van der Waals surface area (Å²) < 4.78 is 52.2. The molecule has 0 aliphatic carbocycles. The zero-order valence-corrected chi connectivity index (χ0v) is 16.0. The van der Waals surface area contributed by atoms with Crippen molar-refractivity contribution in [3.63, 3.8) is 0 Å². The maximum absolute atomic E-state index is 14.4. The summed E-state index contributed by atoms with van der Waals surface area (Å²) in [6, 6.07) is 8.63. The molecule has 1 aromatic carbocycles. The highest BCUT2D eigenvalue weighted by atomic mass is 32.2. The Labute approximate surface area is 161 Å². The fraction of sp³-hybridized carbons (Fsp3) is 0.158. The molecule has 0 saturated carbocycles. The van der Waals surface area contributed by atoms with Crippen LogP contribution in [0.2, 0.25) is 0 Å². The van der Waals surface area contributed by atoms with Gasteiger partial charge in [0.25, 0.3) is 0 Å². The number of anilines is 2. The van der Waals surface area contributed by atoms with Gasteiger partial charge in [0, 0.05) is 39.4 Å². The maximum atomic E-state index is 14.4. The maximum Gasteiger partial charge on any atom is 0.149 e. The molecule has 6 nitrogen and oxygen atoms in total. The SMILES string of the molecule is COc1cc(F)ccc1-c1cc(Nc2cc(C[S@@](C)(=N)=O)ccn2)ncc1F. The second kappa shape index (κ2) is 7.89. The van der Waals surface area contributed by atoms with Gasteiger partial charge in [0.1, 0.15) is 29.0 Å². The number of rotatable bonds is 6. The molecule has 146 valence electrons. The van der Waals surface area contributed by atoms with E-state index in [-0.39, 0.29) is 17.1 Å². The van der Waals surface area contributed by atoms with Gasteiger partial charge in [0.05, 0.1) is 19.1 Å². The fourth-order valence-corrected chi connectivity index (χ4v) is 3.50. The summed E-state index contributed by atoms with van der Waals surface area (Å²) in [6.07, 6.45) is 3.94. The van der Waals surface area contributed by atoms with Crippen molar-refractivity contribution < 1.29 is 17.7 Å². The van der Waals surface area contributed by atoms with E-state index in [9.17, 15) is 13.0 Å². The average molecular weight is 404 g/mol. The minimum atomic E-state index is -2.69. The number of methoxy groups -OCH3 is 1. The molecule has 0 aliphatic rings. The molecule has 0 radical (unpaired) electrons. The first-order chi connectivity index (χ1) is 13.2. The monoisotopic (exact) mass is 404 g/mol. The van der Waals surface area contributed by atoms with Gasteiger partial charge in [-0.3, -0.25) is 4.78 Å². The van der Waals surface area contributed by atoms with E-state index in [0.29, 0.717) is 22.8 Å². The molecule has 0 amide bonds. The molecule has 0 fully saturated rings. The molecule has 2 aromatic heterocycles. The molecular formula is C19H18F2N4O2S. The topological polar surface area (TPSA) is 88.0 Å². The summed E-state index contributed by atoms with van der Waals surface area (Å²) in [5, 5.41) is 2.96. The first kappa shape index (κ1) is 19.7. The Balaban J connectivity index is 1.94. The molecule has 2 heterocycles. The number of aromatic nitrogens is 2. The Morgan fingerprint density at radius 3 is 2.57 bits per heavy atom. The van der Waals surface area contributed by atoms with Gasteiger partial charge in [-0.2, -0.15) is 0 Å². The highest BCUT2D eigenvalue weighted by Crippen LogP contribution is 2.33. The molecule has 3 rings (SSSR count). The lowest BCUT2D eigenvalue weighted by atomic mass is 10.0. The number of hydrogen-bond donors (Lipinski definition) is 2. The zero-order chi connectivity index (χ0) is 20.3. The molecule has 0 bridgehead atoms. The molecule has 9 heteroatoms. The van der Waals surface area contributed by atoms with Crippen LogP contribution < -0.4 is 10.1 Å². The molecule has 0 saturated heterocycles. The summed E-state index contributed by atoms with van der Waals surface area (Å²) in [6.45, 7) is 0. The first-order valence-corrected chi connectivity index (χ1v) is 10.3. The molecule has 0 aliphatic heterocycles. The average Bonchev–Trinajstić information content (AvgIpc) is 2.62. The fourth-order valence-electron chi connectivity index (χ4n) is 2.68. The number of pyridine rings is 2. The van der Waals surface area contributed by atoms with Gasteiger partial charge in [-0.1, -0.05) is 0 Å². The standard InChI is InChI=1S/C19H18F2N4O2S/c1-27-17-8-13(20)3-4-14(17)15-9-19(24-10-16(15)21)25-18-7-12(5-6-23-18)11-28(2,22)26/h3-10,22H,11H2,1-2H3,(H,23,24,25)/t28-/m0/s1. The van der Waals surface area contributed by atoms with Crippen LogP contribution in [0.15, 0.2) is 48.8 Å². The van der Waals surface area contributed by atoms with E-state index in [1.807, 2.05) is 0 Å².